The highest BCUT2D eigenvalue weighted by atomic mass is 32.2. The number of allylic oxidation sites excluding steroid dienone is 2. The highest BCUT2D eigenvalue weighted by Gasteiger charge is 2.08. The zero-order valence-electron chi connectivity index (χ0n) is 11.9. The zero-order chi connectivity index (χ0) is 14.8. The van der Waals surface area contributed by atoms with Gasteiger partial charge in [0.1, 0.15) is 0 Å². The number of rotatable bonds is 3. The predicted octanol–water partition coefficient (Wildman–Crippen LogP) is 4.04. The first-order valence-electron chi connectivity index (χ1n) is 6.43. The molecule has 0 bridgehead atoms. The van der Waals surface area contributed by atoms with Crippen molar-refractivity contribution in [3.05, 3.63) is 65.7 Å². The number of sulfone groups is 1. The van der Waals surface area contributed by atoms with Crippen LogP contribution >= 0.6 is 0 Å². The Morgan fingerprint density at radius 3 is 1.65 bits per heavy atom. The molecule has 0 saturated heterocycles. The maximum absolute atomic E-state index is 11.5. The Morgan fingerprint density at radius 2 is 1.20 bits per heavy atom. The van der Waals surface area contributed by atoms with Crippen molar-refractivity contribution in [1.29, 1.82) is 0 Å². The largest absolute Gasteiger partial charge is 0.224 e. The Kier molecular flexibility index (Phi) is 4.09. The lowest BCUT2D eigenvalue weighted by molar-refractivity contribution is 0.602. The van der Waals surface area contributed by atoms with E-state index in [4.69, 9.17) is 0 Å². The summed E-state index contributed by atoms with van der Waals surface area (Å²) in [4.78, 5) is 0.353. The van der Waals surface area contributed by atoms with Crippen molar-refractivity contribution in [2.24, 2.45) is 0 Å². The Hall–Kier alpha value is -1.87. The summed E-state index contributed by atoms with van der Waals surface area (Å²) in [5.41, 5.74) is 4.56. The fourth-order valence-electron chi connectivity index (χ4n) is 2.07. The molecule has 0 radical (unpaired) electrons. The molecule has 2 nitrogen and oxygen atoms in total. The monoisotopic (exact) mass is 286 g/mol. The maximum atomic E-state index is 11.5. The molecule has 3 heteroatoms. The molecule has 0 aromatic heterocycles. The molecule has 2 rings (SSSR count). The molecule has 0 unspecified atom stereocenters. The lowest BCUT2D eigenvalue weighted by atomic mass is 9.97. The summed E-state index contributed by atoms with van der Waals surface area (Å²) < 4.78 is 22.9. The van der Waals surface area contributed by atoms with Crippen molar-refractivity contribution in [3.63, 3.8) is 0 Å². The SMILES string of the molecule is C/C(=C(\C)c1ccc(S(C)(=O)=O)cc1)c1ccccc1. The van der Waals surface area contributed by atoms with Crippen LogP contribution in [0.5, 0.6) is 0 Å². The molecular formula is C17H18O2S. The van der Waals surface area contributed by atoms with E-state index in [2.05, 4.69) is 26.0 Å². The average molecular weight is 286 g/mol. The third-order valence-corrected chi connectivity index (χ3v) is 4.61. The van der Waals surface area contributed by atoms with Crippen LogP contribution in [0.2, 0.25) is 0 Å². The normalized spacial score (nSPS) is 12.9. The van der Waals surface area contributed by atoms with Gasteiger partial charge in [-0.3, -0.25) is 0 Å². The minimum absolute atomic E-state index is 0.353. The molecule has 0 aliphatic carbocycles. The van der Waals surface area contributed by atoms with Crippen LogP contribution < -0.4 is 0 Å². The molecule has 0 fully saturated rings. The van der Waals surface area contributed by atoms with Gasteiger partial charge in [0.15, 0.2) is 9.84 Å². The first kappa shape index (κ1) is 14.5. The summed E-state index contributed by atoms with van der Waals surface area (Å²) in [6, 6.07) is 17.2. The first-order valence-corrected chi connectivity index (χ1v) is 8.32. The van der Waals surface area contributed by atoms with Crippen LogP contribution in [0.4, 0.5) is 0 Å². The fraction of sp³-hybridized carbons (Fsp3) is 0.176. The van der Waals surface area contributed by atoms with E-state index in [-0.39, 0.29) is 0 Å². The molecule has 0 aliphatic rings. The van der Waals surface area contributed by atoms with E-state index in [9.17, 15) is 8.42 Å². The maximum Gasteiger partial charge on any atom is 0.175 e. The first-order chi connectivity index (χ1) is 9.39. The Balaban J connectivity index is 2.41. The second-order valence-corrected chi connectivity index (χ2v) is 6.93. The van der Waals surface area contributed by atoms with Crippen molar-refractivity contribution < 1.29 is 8.42 Å². The van der Waals surface area contributed by atoms with Crippen molar-refractivity contribution >= 4 is 21.0 Å². The van der Waals surface area contributed by atoms with Gasteiger partial charge < -0.3 is 0 Å². The lowest BCUT2D eigenvalue weighted by Gasteiger charge is -2.09. The number of benzene rings is 2. The molecule has 20 heavy (non-hydrogen) atoms. The van der Waals surface area contributed by atoms with Gasteiger partial charge in [-0.15, -0.1) is 0 Å². The highest BCUT2D eigenvalue weighted by molar-refractivity contribution is 7.90. The van der Waals surface area contributed by atoms with E-state index < -0.39 is 9.84 Å². The molecular weight excluding hydrogens is 268 g/mol. The van der Waals surface area contributed by atoms with Crippen LogP contribution in [0.15, 0.2) is 59.5 Å². The topological polar surface area (TPSA) is 34.1 Å². The van der Waals surface area contributed by atoms with E-state index in [1.165, 1.54) is 17.4 Å². The van der Waals surface area contributed by atoms with Gasteiger partial charge in [0.2, 0.25) is 0 Å². The third kappa shape index (κ3) is 3.17. The quantitative estimate of drug-likeness (QED) is 0.798. The summed E-state index contributed by atoms with van der Waals surface area (Å²) in [6.07, 6.45) is 1.22. The minimum atomic E-state index is -3.13. The second kappa shape index (κ2) is 5.63. The highest BCUT2D eigenvalue weighted by Crippen LogP contribution is 2.26. The standard InChI is InChI=1S/C17H18O2S/c1-13(15-7-5-4-6-8-15)14(2)16-9-11-17(12-10-16)20(3,18)19/h4-12H,1-3H3/b14-13-. The van der Waals surface area contributed by atoms with Gasteiger partial charge in [0.05, 0.1) is 4.90 Å². The summed E-state index contributed by atoms with van der Waals surface area (Å²) in [6.45, 7) is 4.13. The van der Waals surface area contributed by atoms with Crippen LogP contribution in [0.3, 0.4) is 0 Å². The van der Waals surface area contributed by atoms with Crippen LogP contribution in [-0.4, -0.2) is 14.7 Å². The van der Waals surface area contributed by atoms with Gasteiger partial charge in [0, 0.05) is 6.26 Å². The molecule has 0 amide bonds. The van der Waals surface area contributed by atoms with Gasteiger partial charge >= 0.3 is 0 Å². The van der Waals surface area contributed by atoms with Gasteiger partial charge in [-0.2, -0.15) is 0 Å². The van der Waals surface area contributed by atoms with E-state index in [1.54, 1.807) is 12.1 Å². The summed E-state index contributed by atoms with van der Waals surface area (Å²) >= 11 is 0. The number of hydrogen-bond acceptors (Lipinski definition) is 2. The van der Waals surface area contributed by atoms with Crippen molar-refractivity contribution in [2.45, 2.75) is 18.7 Å². The zero-order valence-corrected chi connectivity index (χ0v) is 12.7. The third-order valence-electron chi connectivity index (χ3n) is 3.48. The van der Waals surface area contributed by atoms with Gasteiger partial charge in [0.25, 0.3) is 0 Å². The Labute approximate surface area is 120 Å². The van der Waals surface area contributed by atoms with E-state index in [0.717, 1.165) is 11.1 Å². The number of hydrogen-bond donors (Lipinski definition) is 0. The molecule has 0 N–H and O–H groups in total. The fourth-order valence-corrected chi connectivity index (χ4v) is 2.70. The smallest absolute Gasteiger partial charge is 0.175 e. The van der Waals surface area contributed by atoms with Gasteiger partial charge in [-0.05, 0) is 48.3 Å². The molecule has 0 atom stereocenters. The summed E-state index contributed by atoms with van der Waals surface area (Å²) in [5, 5.41) is 0. The van der Waals surface area contributed by atoms with Crippen LogP contribution in [0, 0.1) is 0 Å². The molecule has 0 spiro atoms. The van der Waals surface area contributed by atoms with Crippen LogP contribution in [0.25, 0.3) is 11.1 Å². The van der Waals surface area contributed by atoms with Gasteiger partial charge in [-0.25, -0.2) is 8.42 Å². The lowest BCUT2D eigenvalue weighted by Crippen LogP contribution is -1.96. The summed E-state index contributed by atoms with van der Waals surface area (Å²) in [5.74, 6) is 0. The molecule has 0 heterocycles. The van der Waals surface area contributed by atoms with Crippen LogP contribution in [-0.2, 0) is 9.84 Å². The van der Waals surface area contributed by atoms with E-state index in [1.807, 2.05) is 30.3 Å². The van der Waals surface area contributed by atoms with Crippen molar-refractivity contribution in [3.8, 4) is 0 Å². The molecule has 0 saturated carbocycles. The molecule has 104 valence electrons. The molecule has 0 aliphatic heterocycles. The van der Waals surface area contributed by atoms with Gasteiger partial charge in [-0.1, -0.05) is 42.5 Å². The Morgan fingerprint density at radius 1 is 0.750 bits per heavy atom. The molecule has 2 aromatic rings. The average Bonchev–Trinajstić information content (AvgIpc) is 2.46. The Bertz CT molecular complexity index is 724. The van der Waals surface area contributed by atoms with Crippen molar-refractivity contribution in [2.75, 3.05) is 6.26 Å². The summed E-state index contributed by atoms with van der Waals surface area (Å²) in [7, 11) is -3.13. The van der Waals surface area contributed by atoms with E-state index >= 15 is 0 Å². The molecule has 2 aromatic carbocycles. The van der Waals surface area contributed by atoms with Crippen LogP contribution in [0.1, 0.15) is 25.0 Å². The van der Waals surface area contributed by atoms with Crippen molar-refractivity contribution in [1.82, 2.24) is 0 Å². The minimum Gasteiger partial charge on any atom is -0.224 e. The second-order valence-electron chi connectivity index (χ2n) is 4.91. The predicted molar refractivity (Wildman–Crippen MR) is 84.2 cm³/mol. The van der Waals surface area contributed by atoms with E-state index in [0.29, 0.717) is 4.90 Å².